The van der Waals surface area contributed by atoms with Crippen LogP contribution in [0, 0.1) is 6.92 Å². The van der Waals surface area contributed by atoms with E-state index in [4.69, 9.17) is 0 Å². The van der Waals surface area contributed by atoms with E-state index >= 15 is 0 Å². The molecule has 2 N–H and O–H groups in total. The molecule has 0 radical (unpaired) electrons. The largest absolute Gasteiger partial charge is 0.345 e. The number of carbonyl (C=O) groups excluding carboxylic acids is 2. The zero-order chi connectivity index (χ0) is 18.9. The zero-order valence-electron chi connectivity index (χ0n) is 15.2. The quantitative estimate of drug-likeness (QED) is 0.850. The normalized spacial score (nSPS) is 26.4. The van der Waals surface area contributed by atoms with Gasteiger partial charge < -0.3 is 10.6 Å². The molecule has 2 aliphatic carbocycles. The monoisotopic (exact) mass is 366 g/mol. The van der Waals surface area contributed by atoms with Gasteiger partial charge in [-0.05, 0) is 51.5 Å². The number of nitrogens with one attached hydrogen (secondary N) is 2. The lowest BCUT2D eigenvalue weighted by Crippen LogP contribution is -2.55. The van der Waals surface area contributed by atoms with E-state index in [2.05, 4.69) is 30.6 Å². The van der Waals surface area contributed by atoms with Crippen molar-refractivity contribution >= 4 is 11.8 Å². The van der Waals surface area contributed by atoms with Crippen molar-refractivity contribution in [2.75, 3.05) is 0 Å². The SMILES string of the molecule is Cc1cnc(C(=O)NC23CCCC(NC(=O)c4ccncn4)(CC2)C3)cn1. The third-order valence-corrected chi connectivity index (χ3v) is 5.66. The second kappa shape index (κ2) is 6.68. The average Bonchev–Trinajstić information content (AvgIpc) is 2.92. The molecular formula is C19H22N6O2. The predicted octanol–water partition coefficient (Wildman–Crippen LogP) is 1.58. The maximum atomic E-state index is 12.6. The highest BCUT2D eigenvalue weighted by molar-refractivity contribution is 5.93. The number of hydrogen-bond acceptors (Lipinski definition) is 6. The lowest BCUT2D eigenvalue weighted by molar-refractivity contribution is 0.0827. The first-order chi connectivity index (χ1) is 13.0. The van der Waals surface area contributed by atoms with E-state index in [1.807, 2.05) is 6.92 Å². The van der Waals surface area contributed by atoms with Crippen LogP contribution in [0.5, 0.6) is 0 Å². The molecule has 2 aromatic rings. The molecule has 140 valence electrons. The van der Waals surface area contributed by atoms with E-state index < -0.39 is 0 Å². The van der Waals surface area contributed by atoms with Crippen molar-refractivity contribution in [2.45, 2.75) is 56.5 Å². The van der Waals surface area contributed by atoms with E-state index in [0.717, 1.165) is 44.2 Å². The van der Waals surface area contributed by atoms with Gasteiger partial charge in [-0.2, -0.15) is 0 Å². The number of rotatable bonds is 4. The van der Waals surface area contributed by atoms with Gasteiger partial charge in [0, 0.05) is 23.5 Å². The van der Waals surface area contributed by atoms with Crippen molar-refractivity contribution in [3.05, 3.63) is 48.1 Å². The summed E-state index contributed by atoms with van der Waals surface area (Å²) >= 11 is 0. The summed E-state index contributed by atoms with van der Waals surface area (Å²) in [5, 5.41) is 6.36. The highest BCUT2D eigenvalue weighted by Gasteiger charge is 2.52. The van der Waals surface area contributed by atoms with Gasteiger partial charge in [0.25, 0.3) is 11.8 Å². The summed E-state index contributed by atoms with van der Waals surface area (Å²) in [5.41, 5.74) is 0.854. The summed E-state index contributed by atoms with van der Waals surface area (Å²) < 4.78 is 0. The Morgan fingerprint density at radius 2 is 1.63 bits per heavy atom. The summed E-state index contributed by atoms with van der Waals surface area (Å²) in [6.45, 7) is 1.83. The molecule has 2 unspecified atom stereocenters. The van der Waals surface area contributed by atoms with Gasteiger partial charge in [0.1, 0.15) is 17.7 Å². The van der Waals surface area contributed by atoms with Gasteiger partial charge in [0.2, 0.25) is 0 Å². The van der Waals surface area contributed by atoms with Crippen LogP contribution in [-0.4, -0.2) is 42.8 Å². The van der Waals surface area contributed by atoms with Crippen LogP contribution in [0.25, 0.3) is 0 Å². The van der Waals surface area contributed by atoms with Gasteiger partial charge in [-0.1, -0.05) is 0 Å². The Morgan fingerprint density at radius 1 is 0.926 bits per heavy atom. The number of aryl methyl sites for hydroxylation is 1. The second-order valence-electron chi connectivity index (χ2n) is 7.64. The molecule has 2 atom stereocenters. The molecule has 2 heterocycles. The average molecular weight is 366 g/mol. The standard InChI is InChI=1S/C19H22N6O2/c1-13-9-22-15(10-21-13)17(27)25-19-5-2-4-18(11-19,6-7-19)24-16(26)14-3-8-20-12-23-14/h3,8-10,12H,2,4-7,11H2,1H3,(H,24,26)(H,25,27). The summed E-state index contributed by atoms with van der Waals surface area (Å²) in [6, 6.07) is 1.61. The van der Waals surface area contributed by atoms with E-state index in [1.54, 1.807) is 18.5 Å². The molecule has 2 aliphatic rings. The number of fused-ring (bicyclic) bond motifs is 2. The Labute approximate surface area is 157 Å². The molecule has 27 heavy (non-hydrogen) atoms. The maximum absolute atomic E-state index is 12.6. The minimum absolute atomic E-state index is 0.189. The van der Waals surface area contributed by atoms with E-state index in [0.29, 0.717) is 11.4 Å². The summed E-state index contributed by atoms with van der Waals surface area (Å²) in [4.78, 5) is 41.4. The van der Waals surface area contributed by atoms with Gasteiger partial charge in [-0.3, -0.25) is 14.6 Å². The maximum Gasteiger partial charge on any atom is 0.271 e. The molecule has 0 saturated heterocycles. The van der Waals surface area contributed by atoms with Crippen LogP contribution in [0.4, 0.5) is 0 Å². The Hall–Kier alpha value is -2.90. The first kappa shape index (κ1) is 17.5. The fourth-order valence-corrected chi connectivity index (χ4v) is 4.38. The second-order valence-corrected chi connectivity index (χ2v) is 7.64. The molecule has 2 amide bonds. The number of nitrogens with zero attached hydrogens (tertiary/aromatic N) is 4. The smallest absolute Gasteiger partial charge is 0.271 e. The van der Waals surface area contributed by atoms with E-state index in [-0.39, 0.29) is 22.9 Å². The lowest BCUT2D eigenvalue weighted by atomic mass is 9.78. The molecule has 8 nitrogen and oxygen atoms in total. The molecule has 2 bridgehead atoms. The summed E-state index contributed by atoms with van der Waals surface area (Å²) in [6.07, 6.45) is 11.2. The number of hydrogen-bond donors (Lipinski definition) is 2. The van der Waals surface area contributed by atoms with Gasteiger partial charge >= 0.3 is 0 Å². The van der Waals surface area contributed by atoms with Crippen molar-refractivity contribution in [1.82, 2.24) is 30.6 Å². The highest BCUT2D eigenvalue weighted by Crippen LogP contribution is 2.48. The molecular weight excluding hydrogens is 344 g/mol. The molecule has 0 aromatic carbocycles. The van der Waals surface area contributed by atoms with Crippen LogP contribution < -0.4 is 10.6 Å². The third-order valence-electron chi connectivity index (χ3n) is 5.66. The van der Waals surface area contributed by atoms with Crippen LogP contribution in [0.2, 0.25) is 0 Å². The fraction of sp³-hybridized carbons (Fsp3) is 0.474. The Balaban J connectivity index is 1.47. The van der Waals surface area contributed by atoms with Gasteiger partial charge in [-0.15, -0.1) is 0 Å². The minimum atomic E-state index is -0.305. The molecule has 0 spiro atoms. The van der Waals surface area contributed by atoms with Crippen molar-refractivity contribution < 1.29 is 9.59 Å². The summed E-state index contributed by atoms with van der Waals surface area (Å²) in [7, 11) is 0. The van der Waals surface area contributed by atoms with Crippen LogP contribution in [-0.2, 0) is 0 Å². The predicted molar refractivity (Wildman–Crippen MR) is 96.9 cm³/mol. The first-order valence-electron chi connectivity index (χ1n) is 9.19. The highest BCUT2D eigenvalue weighted by atomic mass is 16.2. The number of aromatic nitrogens is 4. The zero-order valence-corrected chi connectivity index (χ0v) is 15.2. The fourth-order valence-electron chi connectivity index (χ4n) is 4.38. The van der Waals surface area contributed by atoms with E-state index in [9.17, 15) is 9.59 Å². The van der Waals surface area contributed by atoms with Crippen LogP contribution >= 0.6 is 0 Å². The van der Waals surface area contributed by atoms with Gasteiger partial charge in [0.15, 0.2) is 0 Å². The van der Waals surface area contributed by atoms with Crippen molar-refractivity contribution in [3.8, 4) is 0 Å². The van der Waals surface area contributed by atoms with Crippen molar-refractivity contribution in [1.29, 1.82) is 0 Å². The molecule has 2 aromatic heterocycles. The Morgan fingerprint density at radius 3 is 2.22 bits per heavy atom. The topological polar surface area (TPSA) is 110 Å². The van der Waals surface area contributed by atoms with Crippen LogP contribution in [0.1, 0.15) is 65.2 Å². The Bertz CT molecular complexity index is 856. The molecule has 2 saturated carbocycles. The Kier molecular flexibility index (Phi) is 4.33. The van der Waals surface area contributed by atoms with Gasteiger partial charge in [0.05, 0.1) is 11.9 Å². The van der Waals surface area contributed by atoms with Crippen LogP contribution in [0.15, 0.2) is 31.0 Å². The number of amides is 2. The molecule has 4 rings (SSSR count). The molecule has 0 aliphatic heterocycles. The third kappa shape index (κ3) is 3.51. The van der Waals surface area contributed by atoms with Crippen molar-refractivity contribution in [2.24, 2.45) is 0 Å². The summed E-state index contributed by atoms with van der Waals surface area (Å²) in [5.74, 6) is -0.395. The molecule has 2 fully saturated rings. The molecule has 8 heteroatoms. The van der Waals surface area contributed by atoms with Crippen LogP contribution in [0.3, 0.4) is 0 Å². The van der Waals surface area contributed by atoms with Gasteiger partial charge in [-0.25, -0.2) is 15.0 Å². The van der Waals surface area contributed by atoms with E-state index in [1.165, 1.54) is 12.5 Å². The van der Waals surface area contributed by atoms with Crippen molar-refractivity contribution in [3.63, 3.8) is 0 Å². The lowest BCUT2D eigenvalue weighted by Gasteiger charge is -2.40. The first-order valence-corrected chi connectivity index (χ1v) is 9.19. The number of carbonyl (C=O) groups is 2. The minimum Gasteiger partial charge on any atom is -0.345 e.